The Kier molecular flexibility index (Phi) is 4.51. The maximum atomic E-state index is 5.74. The lowest BCUT2D eigenvalue weighted by Crippen LogP contribution is -2.19. The zero-order chi connectivity index (χ0) is 14.7. The minimum Gasteiger partial charge on any atom is -0.480 e. The highest BCUT2D eigenvalue weighted by Crippen LogP contribution is 2.28. The molecule has 2 N–H and O–H groups in total. The van der Waals surface area contributed by atoms with E-state index < -0.39 is 0 Å². The van der Waals surface area contributed by atoms with Crippen LogP contribution in [0, 0.1) is 0 Å². The number of nitrogens with two attached hydrogens (primary N) is 1. The molecule has 1 heterocycles. The number of anilines is 2. The van der Waals surface area contributed by atoms with Gasteiger partial charge in [0.2, 0.25) is 11.8 Å². The van der Waals surface area contributed by atoms with E-state index in [0.717, 1.165) is 11.3 Å². The molecule has 0 aliphatic rings. The second-order valence-electron chi connectivity index (χ2n) is 3.97. The molecule has 0 amide bonds. The zero-order valence-electron chi connectivity index (χ0n) is 11.0. The Balaban J connectivity index is 2.46. The predicted molar refractivity (Wildman–Crippen MR) is 86.7 cm³/mol. The molecule has 104 valence electrons. The maximum Gasteiger partial charge on any atom is 0.232 e. The minimum absolute atomic E-state index is 0.330. The van der Waals surface area contributed by atoms with E-state index >= 15 is 0 Å². The van der Waals surface area contributed by atoms with Gasteiger partial charge in [0.15, 0.2) is 0 Å². The van der Waals surface area contributed by atoms with E-state index in [0.29, 0.717) is 21.3 Å². The van der Waals surface area contributed by atoms with Crippen molar-refractivity contribution in [1.29, 1.82) is 0 Å². The summed E-state index contributed by atoms with van der Waals surface area (Å²) in [5, 5.41) is 0. The largest absolute Gasteiger partial charge is 0.480 e. The van der Waals surface area contributed by atoms with Crippen LogP contribution in [0.2, 0.25) is 0 Å². The van der Waals surface area contributed by atoms with Gasteiger partial charge in [0.1, 0.15) is 4.99 Å². The molecule has 0 radical (unpaired) electrons. The summed E-state index contributed by atoms with van der Waals surface area (Å²) in [6.07, 6.45) is 1.64. The molecule has 1 aromatic carbocycles. The van der Waals surface area contributed by atoms with Crippen LogP contribution in [-0.2, 0) is 0 Å². The van der Waals surface area contributed by atoms with Gasteiger partial charge in [-0.3, -0.25) is 0 Å². The SMILES string of the molecule is COc1nc(N(C)c2ccccc2C(N)=S)ncc1Br. The summed E-state index contributed by atoms with van der Waals surface area (Å²) in [7, 11) is 3.40. The van der Waals surface area contributed by atoms with Crippen molar-refractivity contribution in [2.45, 2.75) is 0 Å². The third-order valence-corrected chi connectivity index (χ3v) is 3.49. The summed E-state index contributed by atoms with van der Waals surface area (Å²) in [6, 6.07) is 7.56. The lowest BCUT2D eigenvalue weighted by Gasteiger charge is -2.20. The van der Waals surface area contributed by atoms with Crippen molar-refractivity contribution in [2.24, 2.45) is 5.73 Å². The van der Waals surface area contributed by atoms with Crippen molar-refractivity contribution in [1.82, 2.24) is 9.97 Å². The molecular formula is C13H13BrN4OS. The fraction of sp³-hybridized carbons (Fsp3) is 0.154. The topological polar surface area (TPSA) is 64.3 Å². The van der Waals surface area contributed by atoms with Crippen molar-refractivity contribution >= 4 is 44.8 Å². The van der Waals surface area contributed by atoms with Gasteiger partial charge in [-0.15, -0.1) is 0 Å². The summed E-state index contributed by atoms with van der Waals surface area (Å²) in [6.45, 7) is 0. The number of aromatic nitrogens is 2. The van der Waals surface area contributed by atoms with Crippen LogP contribution in [0.4, 0.5) is 11.6 Å². The molecule has 0 unspecified atom stereocenters. The fourth-order valence-electron chi connectivity index (χ4n) is 1.73. The molecule has 0 spiro atoms. The average molecular weight is 353 g/mol. The highest BCUT2D eigenvalue weighted by atomic mass is 79.9. The second-order valence-corrected chi connectivity index (χ2v) is 5.26. The molecule has 0 aliphatic heterocycles. The Bertz CT molecular complexity index is 650. The predicted octanol–water partition coefficient (Wildman–Crippen LogP) is 2.65. The molecule has 2 rings (SSSR count). The monoisotopic (exact) mass is 352 g/mol. The highest BCUT2D eigenvalue weighted by Gasteiger charge is 2.14. The van der Waals surface area contributed by atoms with E-state index in [-0.39, 0.29) is 0 Å². The van der Waals surface area contributed by atoms with Crippen LogP contribution in [0.3, 0.4) is 0 Å². The summed E-state index contributed by atoms with van der Waals surface area (Å²) in [4.78, 5) is 10.7. The normalized spacial score (nSPS) is 10.2. The summed E-state index contributed by atoms with van der Waals surface area (Å²) >= 11 is 8.39. The number of thiocarbonyl (C=S) groups is 1. The molecule has 0 saturated heterocycles. The lowest BCUT2D eigenvalue weighted by molar-refractivity contribution is 0.394. The first-order chi connectivity index (χ1) is 9.54. The molecule has 20 heavy (non-hydrogen) atoms. The molecule has 0 fully saturated rings. The first kappa shape index (κ1) is 14.7. The third kappa shape index (κ3) is 2.88. The van der Waals surface area contributed by atoms with Gasteiger partial charge in [-0.05, 0) is 28.1 Å². The first-order valence-corrected chi connectivity index (χ1v) is 6.93. The molecule has 2 aromatic rings. The van der Waals surface area contributed by atoms with Crippen LogP contribution in [0.5, 0.6) is 5.88 Å². The Labute approximate surface area is 130 Å². The Hall–Kier alpha value is -1.73. The number of benzene rings is 1. The molecule has 5 nitrogen and oxygen atoms in total. The van der Waals surface area contributed by atoms with Gasteiger partial charge >= 0.3 is 0 Å². The number of nitrogens with zero attached hydrogens (tertiary/aromatic N) is 3. The highest BCUT2D eigenvalue weighted by molar-refractivity contribution is 9.10. The van der Waals surface area contributed by atoms with E-state index in [1.165, 1.54) is 0 Å². The second kappa shape index (κ2) is 6.15. The molecule has 0 atom stereocenters. The van der Waals surface area contributed by atoms with Gasteiger partial charge < -0.3 is 15.4 Å². The van der Waals surface area contributed by atoms with Crippen molar-refractivity contribution in [2.75, 3.05) is 19.1 Å². The van der Waals surface area contributed by atoms with Crippen molar-refractivity contribution in [3.05, 3.63) is 40.5 Å². The van der Waals surface area contributed by atoms with Crippen LogP contribution in [-0.4, -0.2) is 29.1 Å². The standard InChI is InChI=1S/C13H13BrN4OS/c1-18(10-6-4-3-5-8(10)11(15)20)13-16-7-9(14)12(17-13)19-2/h3-7H,1-2H3,(H2,15,20). The number of rotatable bonds is 4. The van der Waals surface area contributed by atoms with Gasteiger partial charge in [-0.1, -0.05) is 24.4 Å². The molecular weight excluding hydrogens is 340 g/mol. The molecule has 0 bridgehead atoms. The number of ether oxygens (including phenoxy) is 1. The van der Waals surface area contributed by atoms with Crippen LogP contribution < -0.4 is 15.4 Å². The molecule has 1 aromatic heterocycles. The fourth-order valence-corrected chi connectivity index (χ4v) is 2.26. The van der Waals surface area contributed by atoms with E-state index in [1.807, 2.05) is 36.2 Å². The van der Waals surface area contributed by atoms with Gasteiger partial charge in [0, 0.05) is 12.6 Å². The Morgan fingerprint density at radius 2 is 2.10 bits per heavy atom. The Morgan fingerprint density at radius 3 is 2.75 bits per heavy atom. The van der Waals surface area contributed by atoms with Crippen molar-refractivity contribution < 1.29 is 4.74 Å². The molecule has 7 heteroatoms. The third-order valence-electron chi connectivity index (χ3n) is 2.72. The van der Waals surface area contributed by atoms with E-state index in [4.69, 9.17) is 22.7 Å². The minimum atomic E-state index is 0.330. The van der Waals surface area contributed by atoms with Gasteiger partial charge in [-0.25, -0.2) is 4.98 Å². The van der Waals surface area contributed by atoms with E-state index in [2.05, 4.69) is 25.9 Å². The number of halogens is 1. The first-order valence-electron chi connectivity index (χ1n) is 5.73. The zero-order valence-corrected chi connectivity index (χ0v) is 13.4. The molecule has 0 saturated carbocycles. The van der Waals surface area contributed by atoms with Crippen LogP contribution in [0.25, 0.3) is 0 Å². The van der Waals surface area contributed by atoms with Crippen LogP contribution in [0.15, 0.2) is 34.9 Å². The van der Waals surface area contributed by atoms with Gasteiger partial charge in [-0.2, -0.15) is 4.98 Å². The van der Waals surface area contributed by atoms with Crippen molar-refractivity contribution in [3.63, 3.8) is 0 Å². The maximum absolute atomic E-state index is 5.74. The summed E-state index contributed by atoms with van der Waals surface area (Å²) < 4.78 is 5.87. The van der Waals surface area contributed by atoms with Crippen LogP contribution >= 0.6 is 28.1 Å². The number of hydrogen-bond acceptors (Lipinski definition) is 5. The lowest BCUT2D eigenvalue weighted by atomic mass is 10.1. The number of hydrogen-bond donors (Lipinski definition) is 1. The van der Waals surface area contributed by atoms with Gasteiger partial charge in [0.05, 0.1) is 23.5 Å². The van der Waals surface area contributed by atoms with Gasteiger partial charge in [0.25, 0.3) is 0 Å². The average Bonchev–Trinajstić information content (AvgIpc) is 2.47. The number of methoxy groups -OCH3 is 1. The Morgan fingerprint density at radius 1 is 1.40 bits per heavy atom. The van der Waals surface area contributed by atoms with E-state index in [1.54, 1.807) is 13.3 Å². The summed E-state index contributed by atoms with van der Waals surface area (Å²) in [5.41, 5.74) is 7.35. The van der Waals surface area contributed by atoms with Crippen LogP contribution in [0.1, 0.15) is 5.56 Å². The summed E-state index contributed by atoms with van der Waals surface area (Å²) in [5.74, 6) is 0.961. The number of para-hydroxylation sites is 1. The van der Waals surface area contributed by atoms with Crippen molar-refractivity contribution in [3.8, 4) is 5.88 Å². The quantitative estimate of drug-likeness (QED) is 0.853. The van der Waals surface area contributed by atoms with E-state index in [9.17, 15) is 0 Å². The molecule has 0 aliphatic carbocycles. The smallest absolute Gasteiger partial charge is 0.232 e.